The Morgan fingerprint density at radius 1 is 1.38 bits per heavy atom. The molecule has 134 valence electrons. The lowest BCUT2D eigenvalue weighted by Crippen LogP contribution is -2.15. The zero-order chi connectivity index (χ0) is 18.8. The highest BCUT2D eigenvalue weighted by molar-refractivity contribution is 6.30. The van der Waals surface area contributed by atoms with E-state index in [2.05, 4.69) is 5.10 Å². The molecule has 1 unspecified atom stereocenters. The van der Waals surface area contributed by atoms with Crippen LogP contribution in [0.15, 0.2) is 18.2 Å². The van der Waals surface area contributed by atoms with Crippen molar-refractivity contribution in [1.82, 2.24) is 9.78 Å². The number of hydrogen-bond acceptors (Lipinski definition) is 3. The number of carboxylic acids is 1. The second-order valence-corrected chi connectivity index (χ2v) is 6.67. The molecule has 1 aliphatic carbocycles. The molecule has 2 aromatic rings. The van der Waals surface area contributed by atoms with E-state index in [1.165, 1.54) is 18.3 Å². The average Bonchev–Trinajstić information content (AvgIpc) is 3.02. The molecule has 1 aromatic heterocycles. The number of carbonyl (C=O) groups excluding carboxylic acids is 1. The summed E-state index contributed by atoms with van der Waals surface area (Å²) in [5.74, 6) is -7.07. The normalized spacial score (nSPS) is 20.5. The van der Waals surface area contributed by atoms with Crippen molar-refractivity contribution in [3.63, 3.8) is 0 Å². The molecule has 1 aliphatic heterocycles. The third-order valence-corrected chi connectivity index (χ3v) is 4.81. The SMILES string of the molecule is O=C(O)c1nn2c(c1C1CC1(F)F)C(=O)CC(c1ccc(Cl)c(F)c1)=C2. The first kappa shape index (κ1) is 16.8. The van der Waals surface area contributed by atoms with Gasteiger partial charge in [0.25, 0.3) is 5.92 Å². The Hall–Kier alpha value is -2.61. The van der Waals surface area contributed by atoms with Gasteiger partial charge in [-0.1, -0.05) is 17.7 Å². The number of carbonyl (C=O) groups is 2. The smallest absolute Gasteiger partial charge is 0.356 e. The Bertz CT molecular complexity index is 1010. The first-order valence-corrected chi connectivity index (χ1v) is 7.99. The van der Waals surface area contributed by atoms with Crippen LogP contribution in [0.1, 0.15) is 50.9 Å². The van der Waals surface area contributed by atoms with Gasteiger partial charge >= 0.3 is 5.97 Å². The van der Waals surface area contributed by atoms with E-state index in [0.717, 1.165) is 10.7 Å². The van der Waals surface area contributed by atoms with E-state index >= 15 is 0 Å². The lowest BCUT2D eigenvalue weighted by atomic mass is 9.94. The Kier molecular flexibility index (Phi) is 3.52. The minimum Gasteiger partial charge on any atom is -0.476 e. The summed E-state index contributed by atoms with van der Waals surface area (Å²) in [5, 5.41) is 13.0. The first-order valence-electron chi connectivity index (χ1n) is 7.62. The number of hydrogen-bond donors (Lipinski definition) is 1. The highest BCUT2D eigenvalue weighted by Crippen LogP contribution is 2.57. The van der Waals surface area contributed by atoms with E-state index in [4.69, 9.17) is 11.6 Å². The molecule has 0 bridgehead atoms. The van der Waals surface area contributed by atoms with Crippen LogP contribution in [-0.4, -0.2) is 32.6 Å². The molecular weight excluding hydrogens is 373 g/mol. The van der Waals surface area contributed by atoms with Crippen LogP contribution >= 0.6 is 11.6 Å². The molecule has 1 N–H and O–H groups in total. The van der Waals surface area contributed by atoms with Gasteiger partial charge < -0.3 is 5.11 Å². The van der Waals surface area contributed by atoms with Crippen LogP contribution in [0.4, 0.5) is 13.2 Å². The quantitative estimate of drug-likeness (QED) is 0.868. The van der Waals surface area contributed by atoms with E-state index in [1.807, 2.05) is 0 Å². The monoisotopic (exact) mass is 382 g/mol. The maximum atomic E-state index is 13.7. The predicted molar refractivity (Wildman–Crippen MR) is 86.0 cm³/mol. The van der Waals surface area contributed by atoms with Gasteiger partial charge in [0.15, 0.2) is 11.5 Å². The van der Waals surface area contributed by atoms with Crippen molar-refractivity contribution in [3.8, 4) is 0 Å². The molecular formula is C17H10ClF3N2O3. The van der Waals surface area contributed by atoms with Gasteiger partial charge in [0, 0.05) is 24.6 Å². The molecule has 2 heterocycles. The fourth-order valence-corrected chi connectivity index (χ4v) is 3.27. The van der Waals surface area contributed by atoms with Crippen LogP contribution in [0.25, 0.3) is 11.8 Å². The number of aromatic nitrogens is 2. The predicted octanol–water partition coefficient (Wildman–Crippen LogP) is 4.08. The summed E-state index contributed by atoms with van der Waals surface area (Å²) < 4.78 is 41.7. The summed E-state index contributed by atoms with van der Waals surface area (Å²) in [6, 6.07) is 3.98. The second-order valence-electron chi connectivity index (χ2n) is 6.26. The van der Waals surface area contributed by atoms with Gasteiger partial charge in [0.1, 0.15) is 11.5 Å². The van der Waals surface area contributed by atoms with Crippen LogP contribution in [0.5, 0.6) is 0 Å². The van der Waals surface area contributed by atoms with Crippen molar-refractivity contribution in [3.05, 3.63) is 51.6 Å². The van der Waals surface area contributed by atoms with Crippen LogP contribution in [0.3, 0.4) is 0 Å². The number of fused-ring (bicyclic) bond motifs is 1. The summed E-state index contributed by atoms with van der Waals surface area (Å²) in [5.41, 5.74) is -0.189. The number of benzene rings is 1. The molecule has 0 radical (unpaired) electrons. The molecule has 26 heavy (non-hydrogen) atoms. The first-order chi connectivity index (χ1) is 12.2. The maximum absolute atomic E-state index is 13.7. The Labute approximate surface area is 149 Å². The van der Waals surface area contributed by atoms with Gasteiger partial charge in [-0.05, 0) is 23.3 Å². The van der Waals surface area contributed by atoms with Crippen LogP contribution in [-0.2, 0) is 0 Å². The van der Waals surface area contributed by atoms with E-state index in [9.17, 15) is 27.9 Å². The number of Topliss-reactive ketones (excluding diaryl/α,β-unsaturated/α-hetero) is 1. The lowest BCUT2D eigenvalue weighted by Gasteiger charge is -2.15. The Balaban J connectivity index is 1.85. The van der Waals surface area contributed by atoms with Crippen molar-refractivity contribution in [2.24, 2.45) is 0 Å². The molecule has 1 saturated carbocycles. The van der Waals surface area contributed by atoms with Gasteiger partial charge in [-0.25, -0.2) is 22.6 Å². The molecule has 1 aromatic carbocycles. The zero-order valence-electron chi connectivity index (χ0n) is 13.0. The fraction of sp³-hybridized carbons (Fsp3) is 0.235. The molecule has 0 amide bonds. The molecule has 5 nitrogen and oxygen atoms in total. The average molecular weight is 383 g/mol. The minimum atomic E-state index is -3.04. The van der Waals surface area contributed by atoms with Crippen molar-refractivity contribution in [2.45, 2.75) is 24.7 Å². The number of nitrogens with zero attached hydrogens (tertiary/aromatic N) is 2. The summed E-state index contributed by atoms with van der Waals surface area (Å²) in [4.78, 5) is 24.0. The number of carboxylic acid groups (broad SMARTS) is 1. The number of ketones is 1. The fourth-order valence-electron chi connectivity index (χ4n) is 3.16. The third kappa shape index (κ3) is 2.52. The van der Waals surface area contributed by atoms with Gasteiger partial charge in [0.05, 0.1) is 10.9 Å². The molecule has 1 atom stereocenters. The minimum absolute atomic E-state index is 0.0809. The Morgan fingerprint density at radius 3 is 2.65 bits per heavy atom. The highest BCUT2D eigenvalue weighted by Gasteiger charge is 2.60. The van der Waals surface area contributed by atoms with Gasteiger partial charge in [0.2, 0.25) is 0 Å². The van der Waals surface area contributed by atoms with Crippen molar-refractivity contribution >= 4 is 35.1 Å². The van der Waals surface area contributed by atoms with Crippen molar-refractivity contribution < 1.29 is 27.9 Å². The van der Waals surface area contributed by atoms with Gasteiger partial charge in [-0.2, -0.15) is 5.10 Å². The zero-order valence-corrected chi connectivity index (χ0v) is 13.7. The highest BCUT2D eigenvalue weighted by atomic mass is 35.5. The largest absolute Gasteiger partial charge is 0.476 e. The van der Waals surface area contributed by atoms with Gasteiger partial charge in [-0.3, -0.25) is 4.79 Å². The standard InChI is InChI=1S/C17H10ClF3N2O3/c18-10-2-1-7(3-11(10)19)8-4-12(24)15-13(9-5-17(9,20)21)14(16(25)26)22-23(15)6-8/h1-3,6,9H,4-5H2,(H,25,26). The third-order valence-electron chi connectivity index (χ3n) is 4.51. The number of allylic oxidation sites excluding steroid dienone is 1. The molecule has 4 rings (SSSR count). The summed E-state index contributed by atoms with van der Waals surface area (Å²) in [6.45, 7) is 0. The Morgan fingerprint density at radius 2 is 2.08 bits per heavy atom. The molecule has 1 fully saturated rings. The van der Waals surface area contributed by atoms with Gasteiger partial charge in [-0.15, -0.1) is 0 Å². The van der Waals surface area contributed by atoms with Crippen LogP contribution < -0.4 is 0 Å². The molecule has 9 heteroatoms. The van der Waals surface area contributed by atoms with E-state index in [0.29, 0.717) is 11.1 Å². The molecule has 0 spiro atoms. The van der Waals surface area contributed by atoms with Crippen molar-refractivity contribution in [2.75, 3.05) is 0 Å². The van der Waals surface area contributed by atoms with E-state index in [1.54, 1.807) is 0 Å². The maximum Gasteiger partial charge on any atom is 0.356 e. The lowest BCUT2D eigenvalue weighted by molar-refractivity contribution is 0.0687. The van der Waals surface area contributed by atoms with Crippen LogP contribution in [0, 0.1) is 5.82 Å². The number of rotatable bonds is 3. The second kappa shape index (κ2) is 5.44. The number of aromatic carboxylic acids is 1. The van der Waals surface area contributed by atoms with E-state index in [-0.39, 0.29) is 22.7 Å². The number of alkyl halides is 2. The summed E-state index contributed by atoms with van der Waals surface area (Å²) in [7, 11) is 0. The molecule has 0 saturated heterocycles. The summed E-state index contributed by atoms with van der Waals surface area (Å²) in [6.07, 6.45) is 0.658. The molecule has 2 aliphatic rings. The number of halogens is 4. The van der Waals surface area contributed by atoms with Crippen LogP contribution in [0.2, 0.25) is 5.02 Å². The summed E-state index contributed by atoms with van der Waals surface area (Å²) >= 11 is 5.64. The topological polar surface area (TPSA) is 72.2 Å². The van der Waals surface area contributed by atoms with E-state index < -0.39 is 41.5 Å². The van der Waals surface area contributed by atoms with Crippen molar-refractivity contribution in [1.29, 1.82) is 0 Å².